The molecule has 1 N–H and O–H groups in total. The molecule has 0 bridgehead atoms. The smallest absolute Gasteiger partial charge is 0.343 e. The Morgan fingerprint density at radius 1 is 0.800 bits per heavy atom. The Morgan fingerprint density at radius 3 is 2.10 bits per heavy atom. The highest BCUT2D eigenvalue weighted by atomic mass is 16.5. The first-order valence-corrected chi connectivity index (χ1v) is 13.2. The van der Waals surface area contributed by atoms with Crippen molar-refractivity contribution in [2.24, 2.45) is 5.10 Å². The highest BCUT2D eigenvalue weighted by Crippen LogP contribution is 2.23. The number of amides is 1. The van der Waals surface area contributed by atoms with Crippen LogP contribution in [0.15, 0.2) is 108 Å². The van der Waals surface area contributed by atoms with Gasteiger partial charge in [-0.3, -0.25) is 4.79 Å². The summed E-state index contributed by atoms with van der Waals surface area (Å²) in [6.45, 7) is 4.41. The zero-order valence-corrected chi connectivity index (χ0v) is 22.6. The second kappa shape index (κ2) is 14.3. The fourth-order valence-corrected chi connectivity index (χ4v) is 3.69. The SMILES string of the molecule is CCCCOc1ccc(C(=O)Oc2ccc(/C=N\NC(=O)[C@H](C)Oc3ccc(-c4ccccc4)cc3)cc2)cc1. The Bertz CT molecular complexity index is 1400. The van der Waals surface area contributed by atoms with Crippen molar-refractivity contribution < 1.29 is 23.8 Å². The third kappa shape index (κ3) is 8.30. The molecule has 0 aliphatic carbocycles. The Balaban J connectivity index is 1.22. The summed E-state index contributed by atoms with van der Waals surface area (Å²) in [4.78, 5) is 24.9. The van der Waals surface area contributed by atoms with Crippen LogP contribution in [-0.4, -0.2) is 30.8 Å². The van der Waals surface area contributed by atoms with Crippen LogP contribution in [0.2, 0.25) is 0 Å². The van der Waals surface area contributed by atoms with Crippen molar-refractivity contribution in [2.75, 3.05) is 6.61 Å². The predicted molar refractivity (Wildman–Crippen MR) is 156 cm³/mol. The van der Waals surface area contributed by atoms with E-state index in [1.165, 1.54) is 6.21 Å². The van der Waals surface area contributed by atoms with E-state index in [9.17, 15) is 9.59 Å². The van der Waals surface area contributed by atoms with Crippen LogP contribution >= 0.6 is 0 Å². The molecule has 0 fully saturated rings. The molecule has 0 spiro atoms. The second-order valence-corrected chi connectivity index (χ2v) is 9.07. The third-order valence-electron chi connectivity index (χ3n) is 5.98. The number of nitrogens with one attached hydrogen (secondary N) is 1. The molecule has 0 saturated carbocycles. The fourth-order valence-electron chi connectivity index (χ4n) is 3.69. The lowest BCUT2D eigenvalue weighted by Gasteiger charge is -2.13. The number of rotatable bonds is 12. The molecule has 7 heteroatoms. The van der Waals surface area contributed by atoms with Gasteiger partial charge < -0.3 is 14.2 Å². The van der Waals surface area contributed by atoms with Crippen LogP contribution < -0.4 is 19.6 Å². The summed E-state index contributed by atoms with van der Waals surface area (Å²) < 4.78 is 16.8. The average molecular weight is 537 g/mol. The minimum Gasteiger partial charge on any atom is -0.494 e. The standard InChI is InChI=1S/C33H32N2O5/c1-3-4-22-38-29-18-14-28(15-19-29)33(37)40-31-16-10-25(11-17-31)23-34-35-32(36)24(2)39-30-20-12-27(13-21-30)26-8-6-5-7-9-26/h5-21,23-24H,3-4,22H2,1-2H3,(H,35,36)/b34-23-/t24-/m0/s1. The highest BCUT2D eigenvalue weighted by molar-refractivity contribution is 5.91. The molecular formula is C33H32N2O5. The molecule has 0 aliphatic heterocycles. The molecule has 4 aromatic rings. The number of benzene rings is 4. The number of hydrazone groups is 1. The van der Waals surface area contributed by atoms with Gasteiger partial charge in [0.15, 0.2) is 6.10 Å². The number of carbonyl (C=O) groups excluding carboxylic acids is 2. The number of hydrogen-bond acceptors (Lipinski definition) is 6. The summed E-state index contributed by atoms with van der Waals surface area (Å²) in [6.07, 6.45) is 2.80. The van der Waals surface area contributed by atoms with Crippen LogP contribution in [0.1, 0.15) is 42.6 Å². The fraction of sp³-hybridized carbons (Fsp3) is 0.182. The predicted octanol–water partition coefficient (Wildman–Crippen LogP) is 6.67. The van der Waals surface area contributed by atoms with Gasteiger partial charge in [0, 0.05) is 0 Å². The molecule has 0 aromatic heterocycles. The van der Waals surface area contributed by atoms with Gasteiger partial charge in [0.05, 0.1) is 18.4 Å². The van der Waals surface area contributed by atoms with Gasteiger partial charge in [-0.25, -0.2) is 10.2 Å². The van der Waals surface area contributed by atoms with Crippen molar-refractivity contribution in [2.45, 2.75) is 32.8 Å². The molecule has 7 nitrogen and oxygen atoms in total. The van der Waals surface area contributed by atoms with Gasteiger partial charge in [-0.1, -0.05) is 55.8 Å². The third-order valence-corrected chi connectivity index (χ3v) is 5.98. The second-order valence-electron chi connectivity index (χ2n) is 9.07. The van der Waals surface area contributed by atoms with Crippen molar-refractivity contribution in [3.05, 3.63) is 114 Å². The maximum absolute atomic E-state index is 12.4. The topological polar surface area (TPSA) is 86.2 Å². The van der Waals surface area contributed by atoms with E-state index >= 15 is 0 Å². The minimum absolute atomic E-state index is 0.379. The van der Waals surface area contributed by atoms with E-state index in [1.807, 2.05) is 54.6 Å². The Hall–Kier alpha value is -4.91. The van der Waals surface area contributed by atoms with Crippen LogP contribution in [0.5, 0.6) is 17.2 Å². The summed E-state index contributed by atoms with van der Waals surface area (Å²) in [7, 11) is 0. The van der Waals surface area contributed by atoms with E-state index in [-0.39, 0.29) is 5.91 Å². The van der Waals surface area contributed by atoms with Crippen LogP contribution in [0.4, 0.5) is 0 Å². The molecule has 204 valence electrons. The number of nitrogens with zero attached hydrogens (tertiary/aromatic N) is 1. The van der Waals surface area contributed by atoms with Crippen LogP contribution in [0, 0.1) is 0 Å². The lowest BCUT2D eigenvalue weighted by atomic mass is 10.1. The first-order valence-electron chi connectivity index (χ1n) is 13.2. The minimum atomic E-state index is -0.738. The maximum Gasteiger partial charge on any atom is 0.343 e. The van der Waals surface area contributed by atoms with E-state index in [0.29, 0.717) is 23.7 Å². The van der Waals surface area contributed by atoms with Crippen molar-refractivity contribution >= 4 is 18.1 Å². The van der Waals surface area contributed by atoms with E-state index in [4.69, 9.17) is 14.2 Å². The molecule has 0 aliphatic rings. The first kappa shape index (κ1) is 28.1. The lowest BCUT2D eigenvalue weighted by Crippen LogP contribution is -2.33. The quantitative estimate of drug-likeness (QED) is 0.0719. The first-order chi connectivity index (χ1) is 19.5. The summed E-state index contributed by atoms with van der Waals surface area (Å²) in [6, 6.07) is 31.3. The molecular weight excluding hydrogens is 504 g/mol. The van der Waals surface area contributed by atoms with Gasteiger partial charge in [-0.05, 0) is 90.7 Å². The van der Waals surface area contributed by atoms with Gasteiger partial charge in [0.2, 0.25) is 0 Å². The van der Waals surface area contributed by atoms with E-state index < -0.39 is 12.1 Å². The summed E-state index contributed by atoms with van der Waals surface area (Å²) >= 11 is 0. The molecule has 4 rings (SSSR count). The van der Waals surface area contributed by atoms with E-state index in [2.05, 4.69) is 17.5 Å². The zero-order valence-electron chi connectivity index (χ0n) is 22.6. The molecule has 0 heterocycles. The molecule has 0 unspecified atom stereocenters. The monoisotopic (exact) mass is 536 g/mol. The van der Waals surface area contributed by atoms with Gasteiger partial charge >= 0.3 is 5.97 Å². The van der Waals surface area contributed by atoms with Crippen molar-refractivity contribution in [1.29, 1.82) is 0 Å². The molecule has 1 atom stereocenters. The number of ether oxygens (including phenoxy) is 3. The van der Waals surface area contributed by atoms with Crippen LogP contribution in [-0.2, 0) is 4.79 Å². The number of hydrogen-bond donors (Lipinski definition) is 1. The largest absolute Gasteiger partial charge is 0.494 e. The van der Waals surface area contributed by atoms with Gasteiger partial charge in [0.25, 0.3) is 5.91 Å². The van der Waals surface area contributed by atoms with Crippen LogP contribution in [0.25, 0.3) is 11.1 Å². The molecule has 4 aromatic carbocycles. The van der Waals surface area contributed by atoms with Crippen molar-refractivity contribution in [3.8, 4) is 28.4 Å². The van der Waals surface area contributed by atoms with Crippen molar-refractivity contribution in [3.63, 3.8) is 0 Å². The number of carbonyl (C=O) groups is 2. The number of unbranched alkanes of at least 4 members (excludes halogenated alkanes) is 1. The number of esters is 1. The van der Waals surface area contributed by atoms with Crippen LogP contribution in [0.3, 0.4) is 0 Å². The molecule has 40 heavy (non-hydrogen) atoms. The maximum atomic E-state index is 12.4. The lowest BCUT2D eigenvalue weighted by molar-refractivity contribution is -0.127. The molecule has 0 radical (unpaired) electrons. The van der Waals surface area contributed by atoms with Gasteiger partial charge in [-0.2, -0.15) is 5.10 Å². The summed E-state index contributed by atoms with van der Waals surface area (Å²) in [5, 5.41) is 4.01. The summed E-state index contributed by atoms with van der Waals surface area (Å²) in [5.41, 5.74) is 5.82. The average Bonchev–Trinajstić information content (AvgIpc) is 2.99. The van der Waals surface area contributed by atoms with E-state index in [1.54, 1.807) is 55.5 Å². The van der Waals surface area contributed by atoms with Gasteiger partial charge in [-0.15, -0.1) is 0 Å². The summed E-state index contributed by atoms with van der Waals surface area (Å²) in [5.74, 6) is 0.870. The van der Waals surface area contributed by atoms with E-state index in [0.717, 1.165) is 35.3 Å². The Kier molecular flexibility index (Phi) is 10.0. The molecule has 1 amide bonds. The van der Waals surface area contributed by atoms with Crippen molar-refractivity contribution in [1.82, 2.24) is 5.43 Å². The Labute approximate surface area is 234 Å². The zero-order chi connectivity index (χ0) is 28.2. The highest BCUT2D eigenvalue weighted by Gasteiger charge is 2.14. The Morgan fingerprint density at radius 2 is 1.43 bits per heavy atom. The normalized spacial score (nSPS) is 11.6. The van der Waals surface area contributed by atoms with Gasteiger partial charge in [0.1, 0.15) is 17.2 Å². The molecule has 0 saturated heterocycles.